The molecule has 1 fully saturated rings. The monoisotopic (exact) mass is 212 g/mol. The summed E-state index contributed by atoms with van der Waals surface area (Å²) < 4.78 is 0. The van der Waals surface area contributed by atoms with Crippen LogP contribution < -0.4 is 5.32 Å². The van der Waals surface area contributed by atoms with E-state index in [0.717, 1.165) is 19.6 Å². The smallest absolute Gasteiger partial charge is 0.222 e. The lowest BCUT2D eigenvalue weighted by molar-refractivity contribution is -0.132. The largest absolute Gasteiger partial charge is 0.341 e. The Balaban J connectivity index is 2.36. The molecule has 0 aromatic rings. The van der Waals surface area contributed by atoms with Gasteiger partial charge in [-0.2, -0.15) is 0 Å². The Kier molecular flexibility index (Phi) is 5.09. The van der Waals surface area contributed by atoms with Gasteiger partial charge in [0.1, 0.15) is 0 Å². The molecule has 15 heavy (non-hydrogen) atoms. The van der Waals surface area contributed by atoms with E-state index in [9.17, 15) is 4.79 Å². The van der Waals surface area contributed by atoms with Gasteiger partial charge in [-0.3, -0.25) is 4.79 Å². The summed E-state index contributed by atoms with van der Waals surface area (Å²) in [5.41, 5.74) is 0. The molecule has 1 unspecified atom stereocenters. The molecule has 0 radical (unpaired) electrons. The molecule has 88 valence electrons. The highest BCUT2D eigenvalue weighted by Gasteiger charge is 2.20. The molecule has 1 rings (SSSR count). The Labute approximate surface area is 93.2 Å². The van der Waals surface area contributed by atoms with Crippen LogP contribution in [0.5, 0.6) is 0 Å². The summed E-state index contributed by atoms with van der Waals surface area (Å²) in [5, 5.41) is 3.44. The van der Waals surface area contributed by atoms with Crippen molar-refractivity contribution in [2.75, 3.05) is 19.6 Å². The molecule has 1 aliphatic rings. The zero-order chi connectivity index (χ0) is 11.3. The van der Waals surface area contributed by atoms with Gasteiger partial charge >= 0.3 is 0 Å². The minimum Gasteiger partial charge on any atom is -0.341 e. The summed E-state index contributed by atoms with van der Waals surface area (Å²) in [6.07, 6.45) is 3.15. The third-order valence-corrected chi connectivity index (χ3v) is 2.92. The molecule has 0 saturated carbocycles. The van der Waals surface area contributed by atoms with Crippen LogP contribution in [0.25, 0.3) is 0 Å². The SMILES string of the molecule is CCN(CC1CCCN1)C(=O)CC(C)C. The Morgan fingerprint density at radius 2 is 2.27 bits per heavy atom. The van der Waals surface area contributed by atoms with Gasteiger partial charge in [0.05, 0.1) is 0 Å². The first-order valence-corrected chi connectivity index (χ1v) is 6.14. The molecule has 1 atom stereocenters. The fourth-order valence-electron chi connectivity index (χ4n) is 2.06. The molecule has 0 aromatic carbocycles. The second kappa shape index (κ2) is 6.11. The average molecular weight is 212 g/mol. The van der Waals surface area contributed by atoms with Crippen molar-refractivity contribution < 1.29 is 4.79 Å². The van der Waals surface area contributed by atoms with Gasteiger partial charge in [0, 0.05) is 25.6 Å². The first kappa shape index (κ1) is 12.5. The zero-order valence-corrected chi connectivity index (χ0v) is 10.3. The normalized spacial score (nSPS) is 20.9. The summed E-state index contributed by atoms with van der Waals surface area (Å²) in [7, 11) is 0. The predicted molar refractivity (Wildman–Crippen MR) is 62.7 cm³/mol. The van der Waals surface area contributed by atoms with E-state index in [1.54, 1.807) is 0 Å². The lowest BCUT2D eigenvalue weighted by Gasteiger charge is -2.25. The number of hydrogen-bond acceptors (Lipinski definition) is 2. The number of nitrogens with zero attached hydrogens (tertiary/aromatic N) is 1. The molecule has 0 aliphatic carbocycles. The maximum Gasteiger partial charge on any atom is 0.222 e. The molecule has 1 N–H and O–H groups in total. The number of likely N-dealkylation sites (N-methyl/N-ethyl adjacent to an activating group) is 1. The Morgan fingerprint density at radius 1 is 1.53 bits per heavy atom. The number of carbonyl (C=O) groups excluding carboxylic acids is 1. The molecule has 1 amide bonds. The van der Waals surface area contributed by atoms with E-state index in [1.807, 2.05) is 4.90 Å². The number of nitrogens with one attached hydrogen (secondary N) is 1. The van der Waals surface area contributed by atoms with E-state index in [2.05, 4.69) is 26.1 Å². The molecule has 0 bridgehead atoms. The van der Waals surface area contributed by atoms with Crippen molar-refractivity contribution in [3.05, 3.63) is 0 Å². The maximum atomic E-state index is 11.9. The molecule has 3 heteroatoms. The molecule has 0 spiro atoms. The van der Waals surface area contributed by atoms with E-state index >= 15 is 0 Å². The van der Waals surface area contributed by atoms with Crippen LogP contribution in [0.1, 0.15) is 40.0 Å². The zero-order valence-electron chi connectivity index (χ0n) is 10.3. The van der Waals surface area contributed by atoms with E-state index in [-0.39, 0.29) is 0 Å². The fourth-order valence-corrected chi connectivity index (χ4v) is 2.06. The van der Waals surface area contributed by atoms with Crippen molar-refractivity contribution >= 4 is 5.91 Å². The first-order chi connectivity index (χ1) is 7.13. The summed E-state index contributed by atoms with van der Waals surface area (Å²) in [4.78, 5) is 13.9. The summed E-state index contributed by atoms with van der Waals surface area (Å²) >= 11 is 0. The Hall–Kier alpha value is -0.570. The highest BCUT2D eigenvalue weighted by atomic mass is 16.2. The van der Waals surface area contributed by atoms with E-state index in [1.165, 1.54) is 12.8 Å². The van der Waals surface area contributed by atoms with E-state index in [0.29, 0.717) is 24.3 Å². The van der Waals surface area contributed by atoms with Gasteiger partial charge in [-0.05, 0) is 32.2 Å². The summed E-state index contributed by atoms with van der Waals surface area (Å²) in [6, 6.07) is 0.529. The number of carbonyl (C=O) groups is 1. The predicted octanol–water partition coefficient (Wildman–Crippen LogP) is 1.63. The van der Waals surface area contributed by atoms with Crippen LogP contribution in [-0.2, 0) is 4.79 Å². The van der Waals surface area contributed by atoms with Crippen LogP contribution >= 0.6 is 0 Å². The van der Waals surface area contributed by atoms with Crippen molar-refractivity contribution in [2.24, 2.45) is 5.92 Å². The van der Waals surface area contributed by atoms with Crippen LogP contribution in [0.3, 0.4) is 0 Å². The van der Waals surface area contributed by atoms with Crippen molar-refractivity contribution in [1.29, 1.82) is 0 Å². The second-order valence-corrected chi connectivity index (χ2v) is 4.82. The Morgan fingerprint density at radius 3 is 2.73 bits per heavy atom. The van der Waals surface area contributed by atoms with Crippen molar-refractivity contribution in [2.45, 2.75) is 46.1 Å². The van der Waals surface area contributed by atoms with Crippen LogP contribution in [-0.4, -0.2) is 36.5 Å². The van der Waals surface area contributed by atoms with Crippen LogP contribution in [0.15, 0.2) is 0 Å². The lowest BCUT2D eigenvalue weighted by Crippen LogP contribution is -2.41. The van der Waals surface area contributed by atoms with Gasteiger partial charge in [-0.25, -0.2) is 0 Å². The average Bonchev–Trinajstić information content (AvgIpc) is 2.65. The molecule has 3 nitrogen and oxygen atoms in total. The van der Waals surface area contributed by atoms with Gasteiger partial charge in [0.2, 0.25) is 5.91 Å². The van der Waals surface area contributed by atoms with Gasteiger partial charge < -0.3 is 10.2 Å². The van der Waals surface area contributed by atoms with Crippen LogP contribution in [0, 0.1) is 5.92 Å². The third-order valence-electron chi connectivity index (χ3n) is 2.92. The summed E-state index contributed by atoms with van der Waals surface area (Å²) in [6.45, 7) is 9.10. The van der Waals surface area contributed by atoms with Gasteiger partial charge in [0.15, 0.2) is 0 Å². The molecule has 1 saturated heterocycles. The van der Waals surface area contributed by atoms with Gasteiger partial charge in [0.25, 0.3) is 0 Å². The third kappa shape index (κ3) is 4.20. The molecule has 1 aliphatic heterocycles. The Bertz CT molecular complexity index is 198. The standard InChI is InChI=1S/C12H24N2O/c1-4-14(12(15)8-10(2)3)9-11-6-5-7-13-11/h10-11,13H,4-9H2,1-3H3. The highest BCUT2D eigenvalue weighted by molar-refractivity contribution is 5.76. The number of rotatable bonds is 5. The number of hydrogen-bond donors (Lipinski definition) is 1. The van der Waals surface area contributed by atoms with Crippen molar-refractivity contribution in [1.82, 2.24) is 10.2 Å². The lowest BCUT2D eigenvalue weighted by atomic mass is 10.1. The fraction of sp³-hybridized carbons (Fsp3) is 0.917. The van der Waals surface area contributed by atoms with Crippen molar-refractivity contribution in [3.63, 3.8) is 0 Å². The molecule has 0 aromatic heterocycles. The minimum absolute atomic E-state index is 0.307. The summed E-state index contributed by atoms with van der Waals surface area (Å²) in [5.74, 6) is 0.768. The van der Waals surface area contributed by atoms with E-state index < -0.39 is 0 Å². The molecular formula is C12H24N2O. The maximum absolute atomic E-state index is 11.9. The van der Waals surface area contributed by atoms with Gasteiger partial charge in [-0.1, -0.05) is 13.8 Å². The van der Waals surface area contributed by atoms with E-state index in [4.69, 9.17) is 0 Å². The molecular weight excluding hydrogens is 188 g/mol. The topological polar surface area (TPSA) is 32.3 Å². The highest BCUT2D eigenvalue weighted by Crippen LogP contribution is 2.09. The second-order valence-electron chi connectivity index (χ2n) is 4.82. The minimum atomic E-state index is 0.307. The first-order valence-electron chi connectivity index (χ1n) is 6.14. The van der Waals surface area contributed by atoms with Crippen molar-refractivity contribution in [3.8, 4) is 0 Å². The number of amides is 1. The van der Waals surface area contributed by atoms with Crippen LogP contribution in [0.2, 0.25) is 0 Å². The van der Waals surface area contributed by atoms with Crippen LogP contribution in [0.4, 0.5) is 0 Å². The van der Waals surface area contributed by atoms with Gasteiger partial charge in [-0.15, -0.1) is 0 Å². The quantitative estimate of drug-likeness (QED) is 0.751. The molecule has 1 heterocycles.